The molecule has 19 heavy (non-hydrogen) atoms. The Bertz CT molecular complexity index is 635. The smallest absolute Gasteiger partial charge is 0.250 e. The molecule has 5 N–H and O–H groups in total. The molecule has 0 heterocycles. The SMILES string of the molecule is Cc1ccc(Nc2ccc(N)cc2C(N)=O)c(C)c1. The Hall–Kier alpha value is -2.49. The van der Waals surface area contributed by atoms with E-state index in [1.54, 1.807) is 18.2 Å². The summed E-state index contributed by atoms with van der Waals surface area (Å²) in [4.78, 5) is 11.4. The van der Waals surface area contributed by atoms with Crippen molar-refractivity contribution in [2.24, 2.45) is 5.73 Å². The van der Waals surface area contributed by atoms with E-state index in [1.165, 1.54) is 5.56 Å². The van der Waals surface area contributed by atoms with Crippen LogP contribution in [0.25, 0.3) is 0 Å². The molecule has 0 aliphatic rings. The van der Waals surface area contributed by atoms with Gasteiger partial charge in [-0.3, -0.25) is 4.79 Å². The molecule has 2 rings (SSSR count). The van der Waals surface area contributed by atoms with Gasteiger partial charge >= 0.3 is 0 Å². The second-order valence-corrected chi connectivity index (χ2v) is 4.61. The minimum absolute atomic E-state index is 0.389. The van der Waals surface area contributed by atoms with Gasteiger partial charge in [0.05, 0.1) is 11.3 Å². The summed E-state index contributed by atoms with van der Waals surface area (Å²) in [5.74, 6) is -0.500. The second-order valence-electron chi connectivity index (χ2n) is 4.61. The Balaban J connectivity index is 2.40. The third-order valence-electron chi connectivity index (χ3n) is 2.96. The molecule has 1 amide bonds. The standard InChI is InChI=1S/C15H17N3O/c1-9-3-5-13(10(2)7-9)18-14-6-4-11(16)8-12(14)15(17)19/h3-8,18H,16H2,1-2H3,(H2,17,19). The Kier molecular flexibility index (Phi) is 3.42. The van der Waals surface area contributed by atoms with Crippen LogP contribution in [0.3, 0.4) is 0 Å². The first-order valence-electron chi connectivity index (χ1n) is 6.01. The molecule has 0 fully saturated rings. The summed E-state index contributed by atoms with van der Waals surface area (Å²) in [6.45, 7) is 4.05. The van der Waals surface area contributed by atoms with E-state index in [4.69, 9.17) is 11.5 Å². The Labute approximate surface area is 112 Å². The topological polar surface area (TPSA) is 81.1 Å². The molecule has 4 heteroatoms. The number of carbonyl (C=O) groups excluding carboxylic acids is 1. The third kappa shape index (κ3) is 2.85. The maximum Gasteiger partial charge on any atom is 0.250 e. The van der Waals surface area contributed by atoms with Crippen molar-refractivity contribution in [2.45, 2.75) is 13.8 Å². The lowest BCUT2D eigenvalue weighted by Gasteiger charge is -2.13. The number of benzene rings is 2. The number of nitrogens with one attached hydrogen (secondary N) is 1. The molecule has 2 aromatic rings. The molecule has 0 saturated heterocycles. The van der Waals surface area contributed by atoms with Crippen LogP contribution < -0.4 is 16.8 Å². The van der Waals surface area contributed by atoms with Gasteiger partial charge in [-0.15, -0.1) is 0 Å². The Morgan fingerprint density at radius 2 is 1.74 bits per heavy atom. The zero-order valence-corrected chi connectivity index (χ0v) is 11.0. The van der Waals surface area contributed by atoms with Gasteiger partial charge in [0.2, 0.25) is 0 Å². The van der Waals surface area contributed by atoms with Crippen LogP contribution >= 0.6 is 0 Å². The zero-order valence-electron chi connectivity index (χ0n) is 11.0. The Morgan fingerprint density at radius 3 is 2.37 bits per heavy atom. The van der Waals surface area contributed by atoms with Gasteiger partial charge < -0.3 is 16.8 Å². The van der Waals surface area contributed by atoms with E-state index < -0.39 is 5.91 Å². The Morgan fingerprint density at radius 1 is 1.05 bits per heavy atom. The maximum atomic E-state index is 11.4. The molecule has 98 valence electrons. The first-order valence-corrected chi connectivity index (χ1v) is 6.01. The molecular weight excluding hydrogens is 238 g/mol. The van der Waals surface area contributed by atoms with Crippen molar-refractivity contribution in [1.29, 1.82) is 0 Å². The van der Waals surface area contributed by atoms with Crippen molar-refractivity contribution in [3.05, 3.63) is 53.1 Å². The van der Waals surface area contributed by atoms with Crippen molar-refractivity contribution in [1.82, 2.24) is 0 Å². The van der Waals surface area contributed by atoms with Crippen LogP contribution in [0.2, 0.25) is 0 Å². The summed E-state index contributed by atoms with van der Waals surface area (Å²) in [6.07, 6.45) is 0. The average molecular weight is 255 g/mol. The number of nitrogen functional groups attached to an aromatic ring is 1. The normalized spacial score (nSPS) is 10.2. The fourth-order valence-electron chi connectivity index (χ4n) is 1.97. The third-order valence-corrected chi connectivity index (χ3v) is 2.96. The molecule has 0 atom stereocenters. The second kappa shape index (κ2) is 5.02. The number of rotatable bonds is 3. The van der Waals surface area contributed by atoms with Crippen molar-refractivity contribution < 1.29 is 4.79 Å². The molecular formula is C15H17N3O. The number of hydrogen-bond acceptors (Lipinski definition) is 3. The highest BCUT2D eigenvalue weighted by Gasteiger charge is 2.09. The number of hydrogen-bond donors (Lipinski definition) is 3. The van der Waals surface area contributed by atoms with Gasteiger partial charge in [-0.1, -0.05) is 17.7 Å². The van der Waals surface area contributed by atoms with Crippen molar-refractivity contribution >= 4 is 23.0 Å². The zero-order chi connectivity index (χ0) is 14.0. The first kappa shape index (κ1) is 13.0. The highest BCUT2D eigenvalue weighted by molar-refractivity contribution is 6.00. The minimum atomic E-state index is -0.500. The van der Waals surface area contributed by atoms with Gasteiger partial charge in [0, 0.05) is 11.4 Å². The lowest BCUT2D eigenvalue weighted by molar-refractivity contribution is 0.100. The number of carbonyl (C=O) groups is 1. The highest BCUT2D eigenvalue weighted by atomic mass is 16.1. The molecule has 0 aromatic heterocycles. The summed E-state index contributed by atoms with van der Waals surface area (Å²) in [5, 5.41) is 3.22. The summed E-state index contributed by atoms with van der Waals surface area (Å²) < 4.78 is 0. The van der Waals surface area contributed by atoms with E-state index in [-0.39, 0.29) is 0 Å². The monoisotopic (exact) mass is 255 g/mol. The van der Waals surface area contributed by atoms with Crippen LogP contribution in [0.15, 0.2) is 36.4 Å². The summed E-state index contributed by atoms with van der Waals surface area (Å²) in [6, 6.07) is 11.1. The van der Waals surface area contributed by atoms with Crippen molar-refractivity contribution in [2.75, 3.05) is 11.1 Å². The van der Waals surface area contributed by atoms with Gasteiger partial charge in [0.1, 0.15) is 0 Å². The minimum Gasteiger partial charge on any atom is -0.399 e. The van der Waals surface area contributed by atoms with Crippen LogP contribution in [-0.4, -0.2) is 5.91 Å². The molecule has 0 aliphatic heterocycles. The fourth-order valence-corrected chi connectivity index (χ4v) is 1.97. The van der Waals surface area contributed by atoms with E-state index in [0.29, 0.717) is 16.9 Å². The molecule has 0 spiro atoms. The molecule has 0 unspecified atom stereocenters. The van der Waals surface area contributed by atoms with Crippen molar-refractivity contribution in [3.8, 4) is 0 Å². The molecule has 4 nitrogen and oxygen atoms in total. The number of amides is 1. The molecule has 0 radical (unpaired) electrons. The lowest BCUT2D eigenvalue weighted by Crippen LogP contribution is -2.14. The molecule has 0 bridgehead atoms. The summed E-state index contributed by atoms with van der Waals surface area (Å²) in [7, 11) is 0. The average Bonchev–Trinajstić information content (AvgIpc) is 2.34. The molecule has 0 aliphatic carbocycles. The van der Waals surface area contributed by atoms with E-state index in [1.807, 2.05) is 26.0 Å². The van der Waals surface area contributed by atoms with Crippen molar-refractivity contribution in [3.63, 3.8) is 0 Å². The van der Waals surface area contributed by atoms with E-state index in [9.17, 15) is 4.79 Å². The number of primary amides is 1. The molecule has 0 saturated carbocycles. The van der Waals surface area contributed by atoms with Gasteiger partial charge in [0.15, 0.2) is 0 Å². The van der Waals surface area contributed by atoms with Crippen LogP contribution in [0, 0.1) is 13.8 Å². The fraction of sp³-hybridized carbons (Fsp3) is 0.133. The molecule has 2 aromatic carbocycles. The van der Waals surface area contributed by atoms with Crippen LogP contribution in [0.1, 0.15) is 21.5 Å². The number of aryl methyl sites for hydroxylation is 2. The van der Waals surface area contributed by atoms with Gasteiger partial charge in [-0.2, -0.15) is 0 Å². The predicted molar refractivity (Wildman–Crippen MR) is 78.6 cm³/mol. The quantitative estimate of drug-likeness (QED) is 0.737. The van der Waals surface area contributed by atoms with E-state index in [0.717, 1.165) is 11.3 Å². The van der Waals surface area contributed by atoms with Gasteiger partial charge in [-0.25, -0.2) is 0 Å². The van der Waals surface area contributed by atoms with E-state index >= 15 is 0 Å². The highest BCUT2D eigenvalue weighted by Crippen LogP contribution is 2.25. The number of anilines is 3. The van der Waals surface area contributed by atoms with Crippen LogP contribution in [0.5, 0.6) is 0 Å². The van der Waals surface area contributed by atoms with Crippen LogP contribution in [0.4, 0.5) is 17.1 Å². The van der Waals surface area contributed by atoms with Gasteiger partial charge in [0.25, 0.3) is 5.91 Å². The lowest BCUT2D eigenvalue weighted by atomic mass is 10.1. The van der Waals surface area contributed by atoms with Crippen LogP contribution in [-0.2, 0) is 0 Å². The van der Waals surface area contributed by atoms with Gasteiger partial charge in [-0.05, 0) is 43.7 Å². The summed E-state index contributed by atoms with van der Waals surface area (Å²) >= 11 is 0. The largest absolute Gasteiger partial charge is 0.399 e. The maximum absolute atomic E-state index is 11.4. The summed E-state index contributed by atoms with van der Waals surface area (Å²) in [5.41, 5.74) is 15.8. The van der Waals surface area contributed by atoms with E-state index in [2.05, 4.69) is 11.4 Å². The first-order chi connectivity index (χ1) is 8.97. The number of nitrogens with two attached hydrogens (primary N) is 2. The predicted octanol–water partition coefficient (Wildman–Crippen LogP) is 2.73.